The highest BCUT2D eigenvalue weighted by Crippen LogP contribution is 2.26. The molecule has 0 amide bonds. The summed E-state index contributed by atoms with van der Waals surface area (Å²) in [6.07, 6.45) is -2.16. The van der Waals surface area contributed by atoms with Crippen molar-refractivity contribution in [2.24, 2.45) is 11.3 Å². The summed E-state index contributed by atoms with van der Waals surface area (Å²) in [4.78, 5) is 0. The van der Waals surface area contributed by atoms with Crippen molar-refractivity contribution < 1.29 is 39.0 Å². The minimum Gasteiger partial charge on any atom is -0.390 e. The third-order valence-corrected chi connectivity index (χ3v) is 4.95. The summed E-state index contributed by atoms with van der Waals surface area (Å²) in [7, 11) is 1.35. The predicted molar refractivity (Wildman–Crippen MR) is 109 cm³/mol. The van der Waals surface area contributed by atoms with Crippen LogP contribution in [-0.2, 0) is 36.8 Å². The second-order valence-electron chi connectivity index (χ2n) is 8.79. The molecule has 180 valence electrons. The third-order valence-electron chi connectivity index (χ3n) is 4.95. The van der Waals surface area contributed by atoms with E-state index in [0.717, 1.165) is 13.0 Å². The van der Waals surface area contributed by atoms with E-state index < -0.39 is 30.7 Å². The molecule has 1 fully saturated rings. The zero-order chi connectivity index (χ0) is 22.9. The van der Waals surface area contributed by atoms with Crippen molar-refractivity contribution in [1.82, 2.24) is 15.0 Å². The lowest BCUT2D eigenvalue weighted by molar-refractivity contribution is -0.322. The van der Waals surface area contributed by atoms with E-state index >= 15 is 0 Å². The van der Waals surface area contributed by atoms with Gasteiger partial charge in [0.25, 0.3) is 0 Å². The number of nitrogens with zero attached hydrogens (tertiary/aromatic N) is 3. The Kier molecular flexibility index (Phi) is 10.7. The number of aliphatic hydroxyl groups excluding tert-OH is 3. The minimum absolute atomic E-state index is 0.139. The average molecular weight is 448 g/mol. The first kappa shape index (κ1) is 26.1. The lowest BCUT2D eigenvalue weighted by Crippen LogP contribution is -2.56. The Morgan fingerprint density at radius 3 is 2.29 bits per heavy atom. The van der Waals surface area contributed by atoms with Gasteiger partial charge in [-0.05, 0) is 11.8 Å². The number of hydrogen-bond acceptors (Lipinski definition) is 10. The van der Waals surface area contributed by atoms with Crippen LogP contribution >= 0.6 is 0 Å². The summed E-state index contributed by atoms with van der Waals surface area (Å²) in [6, 6.07) is 0. The molecule has 3 N–H and O–H groups in total. The molecule has 0 spiro atoms. The fourth-order valence-corrected chi connectivity index (χ4v) is 3.06. The predicted octanol–water partition coefficient (Wildman–Crippen LogP) is -0.0768. The molecule has 11 nitrogen and oxygen atoms in total. The van der Waals surface area contributed by atoms with Crippen LogP contribution in [0.25, 0.3) is 0 Å². The molecule has 31 heavy (non-hydrogen) atoms. The van der Waals surface area contributed by atoms with Crippen molar-refractivity contribution in [3.63, 3.8) is 0 Å². The summed E-state index contributed by atoms with van der Waals surface area (Å²) in [5.41, 5.74) is 0.879. The maximum atomic E-state index is 10.3. The highest BCUT2D eigenvalue weighted by Gasteiger charge is 2.44. The largest absolute Gasteiger partial charge is 0.390 e. The lowest BCUT2D eigenvalue weighted by atomic mass is 9.93. The lowest BCUT2D eigenvalue weighted by Gasteiger charge is -2.39. The Morgan fingerprint density at radius 1 is 1.00 bits per heavy atom. The van der Waals surface area contributed by atoms with Crippen LogP contribution in [0.2, 0.25) is 0 Å². The van der Waals surface area contributed by atoms with E-state index in [4.69, 9.17) is 23.7 Å². The van der Waals surface area contributed by atoms with Crippen molar-refractivity contribution in [3.05, 3.63) is 11.9 Å². The highest BCUT2D eigenvalue weighted by atomic mass is 16.7. The molecule has 5 atom stereocenters. The molecule has 11 heteroatoms. The van der Waals surface area contributed by atoms with Gasteiger partial charge in [-0.15, -0.1) is 5.10 Å². The van der Waals surface area contributed by atoms with Gasteiger partial charge in [-0.3, -0.25) is 4.68 Å². The number of aromatic nitrogens is 3. The monoisotopic (exact) mass is 447 g/mol. The molecule has 1 aliphatic heterocycles. The second kappa shape index (κ2) is 12.8. The maximum Gasteiger partial charge on any atom is 0.186 e. The fraction of sp³-hybridized carbons (Fsp3) is 0.900. The Labute approximate surface area is 183 Å². The average Bonchev–Trinajstić information content (AvgIpc) is 3.13. The highest BCUT2D eigenvalue weighted by molar-refractivity contribution is 4.92. The molecule has 0 aromatic carbocycles. The zero-order valence-corrected chi connectivity index (χ0v) is 18.8. The van der Waals surface area contributed by atoms with Crippen molar-refractivity contribution in [1.29, 1.82) is 0 Å². The molecular weight excluding hydrogens is 410 g/mol. The van der Waals surface area contributed by atoms with Crippen molar-refractivity contribution in [3.8, 4) is 0 Å². The minimum atomic E-state index is -1.40. The van der Waals surface area contributed by atoms with Crippen LogP contribution in [0.4, 0.5) is 0 Å². The van der Waals surface area contributed by atoms with Crippen LogP contribution in [0.15, 0.2) is 6.20 Å². The van der Waals surface area contributed by atoms with Crippen LogP contribution in [0.5, 0.6) is 0 Å². The zero-order valence-electron chi connectivity index (χ0n) is 18.8. The first-order valence-corrected chi connectivity index (χ1v) is 10.6. The Balaban J connectivity index is 1.60. The van der Waals surface area contributed by atoms with Crippen molar-refractivity contribution >= 4 is 0 Å². The van der Waals surface area contributed by atoms with E-state index in [1.54, 1.807) is 6.20 Å². The second-order valence-corrected chi connectivity index (χ2v) is 8.79. The van der Waals surface area contributed by atoms with Crippen molar-refractivity contribution in [2.45, 2.75) is 65.1 Å². The Bertz CT molecular complexity index is 624. The molecule has 1 saturated heterocycles. The first-order chi connectivity index (χ1) is 14.7. The topological polar surface area (TPSA) is 138 Å². The Morgan fingerprint density at radius 2 is 1.65 bits per heavy atom. The first-order valence-electron chi connectivity index (χ1n) is 10.6. The molecule has 0 bridgehead atoms. The van der Waals surface area contributed by atoms with Gasteiger partial charge in [0, 0.05) is 13.7 Å². The molecule has 2 rings (SSSR count). The maximum absolute atomic E-state index is 10.3. The molecule has 2 heterocycles. The van der Waals surface area contributed by atoms with Gasteiger partial charge >= 0.3 is 0 Å². The van der Waals surface area contributed by atoms with Gasteiger partial charge in [0.1, 0.15) is 11.8 Å². The molecule has 1 aliphatic rings. The van der Waals surface area contributed by atoms with Crippen LogP contribution in [-0.4, -0.2) is 95.2 Å². The van der Waals surface area contributed by atoms with Crippen molar-refractivity contribution in [2.75, 3.05) is 40.1 Å². The molecular formula is C20H37N3O8. The molecule has 5 unspecified atom stereocenters. The van der Waals surface area contributed by atoms with Crippen LogP contribution in [0.1, 0.15) is 32.9 Å². The SMILES string of the molecule is COC1C(O)OC(O)C(Cn2cc(COCCOCCOCCC(C)(C)C)nn2)C1O. The number of rotatable bonds is 13. The van der Waals surface area contributed by atoms with Gasteiger partial charge in [-0.2, -0.15) is 0 Å². The van der Waals surface area contributed by atoms with Gasteiger partial charge in [-0.1, -0.05) is 26.0 Å². The smallest absolute Gasteiger partial charge is 0.186 e. The van der Waals surface area contributed by atoms with Gasteiger partial charge in [0.2, 0.25) is 0 Å². The number of hydrogen-bond donors (Lipinski definition) is 3. The summed E-state index contributed by atoms with van der Waals surface area (Å²) >= 11 is 0. The van der Waals surface area contributed by atoms with E-state index in [0.29, 0.717) is 32.1 Å². The van der Waals surface area contributed by atoms with E-state index in [1.807, 2.05) is 0 Å². The summed E-state index contributed by atoms with van der Waals surface area (Å²) in [5.74, 6) is -0.733. The molecule has 1 aromatic rings. The van der Waals surface area contributed by atoms with Gasteiger partial charge in [0.05, 0.1) is 57.8 Å². The summed E-state index contributed by atoms with van der Waals surface area (Å²) < 4.78 is 28.1. The molecule has 0 radical (unpaired) electrons. The van der Waals surface area contributed by atoms with Crippen LogP contribution in [0.3, 0.4) is 0 Å². The Hall–Kier alpha value is -1.18. The molecule has 0 aliphatic carbocycles. The summed E-state index contributed by atoms with van der Waals surface area (Å²) in [5, 5.41) is 38.0. The van der Waals surface area contributed by atoms with Crippen LogP contribution in [0, 0.1) is 11.3 Å². The van der Waals surface area contributed by atoms with E-state index in [1.165, 1.54) is 11.8 Å². The van der Waals surface area contributed by atoms with Crippen LogP contribution < -0.4 is 0 Å². The van der Waals surface area contributed by atoms with Gasteiger partial charge < -0.3 is 39.0 Å². The number of methoxy groups -OCH3 is 1. The normalized spacial score (nSPS) is 27.0. The quantitative estimate of drug-likeness (QED) is 0.352. The standard InChI is InChI=1S/C20H37N3O8/c1-20(2,3)5-6-28-7-8-29-9-10-30-13-14-11-23(22-21-14)12-15-16(24)17(27-4)19(26)31-18(15)25/h11,15-19,24-26H,5-10,12-13H2,1-4H3. The number of aliphatic hydroxyl groups is 3. The number of ether oxygens (including phenoxy) is 5. The van der Waals surface area contributed by atoms with Gasteiger partial charge in [-0.25, -0.2) is 0 Å². The third kappa shape index (κ3) is 9.07. The van der Waals surface area contributed by atoms with Gasteiger partial charge in [0.15, 0.2) is 12.6 Å². The van der Waals surface area contributed by atoms with E-state index in [2.05, 4.69) is 31.1 Å². The van der Waals surface area contributed by atoms with E-state index in [9.17, 15) is 15.3 Å². The van der Waals surface area contributed by atoms with E-state index in [-0.39, 0.29) is 18.6 Å². The summed E-state index contributed by atoms with van der Waals surface area (Å²) in [6.45, 7) is 9.63. The molecule has 0 saturated carbocycles. The molecule has 1 aromatic heterocycles. The fourth-order valence-electron chi connectivity index (χ4n) is 3.06.